The van der Waals surface area contributed by atoms with E-state index < -0.39 is 0 Å². The second-order valence-electron chi connectivity index (χ2n) is 6.43. The van der Waals surface area contributed by atoms with E-state index in [-0.39, 0.29) is 17.9 Å². The summed E-state index contributed by atoms with van der Waals surface area (Å²) < 4.78 is 0. The van der Waals surface area contributed by atoms with Gasteiger partial charge in [-0.25, -0.2) is 0 Å². The minimum absolute atomic E-state index is 0.0118. The molecule has 0 saturated carbocycles. The lowest BCUT2D eigenvalue weighted by atomic mass is 10.1. The fourth-order valence-corrected chi connectivity index (χ4v) is 3.13. The molecule has 1 fully saturated rings. The lowest BCUT2D eigenvalue weighted by molar-refractivity contribution is -0.127. The van der Waals surface area contributed by atoms with Crippen LogP contribution in [-0.2, 0) is 16.1 Å². The fourth-order valence-electron chi connectivity index (χ4n) is 3.13. The zero-order valence-electron chi connectivity index (χ0n) is 14.9. The quantitative estimate of drug-likeness (QED) is 0.844. The number of benzene rings is 1. The Bertz CT molecular complexity index is 785. The molecule has 1 N–H and O–H groups in total. The monoisotopic (exact) mass is 349 g/mol. The Morgan fingerprint density at radius 2 is 2.04 bits per heavy atom. The number of nitrogens with one attached hydrogen (secondary N) is 1. The molecule has 2 aromatic rings. The fraction of sp³-hybridized carbons (Fsp3) is 0.286. The Morgan fingerprint density at radius 1 is 1.23 bits per heavy atom. The molecule has 3 rings (SSSR count). The Hall–Kier alpha value is -2.95. The van der Waals surface area contributed by atoms with Gasteiger partial charge in [-0.05, 0) is 36.1 Å². The number of rotatable bonds is 5. The summed E-state index contributed by atoms with van der Waals surface area (Å²) in [5.74, 6) is -0.0488. The van der Waals surface area contributed by atoms with Crippen molar-refractivity contribution >= 4 is 17.9 Å². The summed E-state index contributed by atoms with van der Waals surface area (Å²) >= 11 is 0. The first-order valence-corrected chi connectivity index (χ1v) is 8.86. The van der Waals surface area contributed by atoms with Crippen molar-refractivity contribution in [3.05, 3.63) is 71.6 Å². The third-order valence-electron chi connectivity index (χ3n) is 4.48. The van der Waals surface area contributed by atoms with Gasteiger partial charge in [-0.3, -0.25) is 14.6 Å². The maximum absolute atomic E-state index is 12.6. The minimum atomic E-state index is -0.0631. The number of amides is 2. The lowest BCUT2D eigenvalue weighted by Crippen LogP contribution is -2.29. The second kappa shape index (κ2) is 8.43. The molecule has 1 aromatic heterocycles. The first-order chi connectivity index (χ1) is 12.6. The van der Waals surface area contributed by atoms with Crippen molar-refractivity contribution < 1.29 is 9.59 Å². The number of hydrogen-bond acceptors (Lipinski definition) is 3. The SMILES string of the molecule is CC(=O)NCc1ccc(C2CCCN2C(=O)/C=C/c2ccccc2)nc1. The van der Waals surface area contributed by atoms with E-state index >= 15 is 0 Å². The molecule has 5 nitrogen and oxygen atoms in total. The summed E-state index contributed by atoms with van der Waals surface area (Å²) in [6.07, 6.45) is 7.15. The Labute approximate surface area is 153 Å². The van der Waals surface area contributed by atoms with Gasteiger partial charge in [-0.2, -0.15) is 0 Å². The van der Waals surface area contributed by atoms with Crippen LogP contribution in [0.4, 0.5) is 0 Å². The van der Waals surface area contributed by atoms with Crippen LogP contribution in [-0.4, -0.2) is 28.2 Å². The van der Waals surface area contributed by atoms with E-state index in [9.17, 15) is 9.59 Å². The Morgan fingerprint density at radius 3 is 2.73 bits per heavy atom. The van der Waals surface area contributed by atoms with Crippen molar-refractivity contribution in [2.45, 2.75) is 32.4 Å². The summed E-state index contributed by atoms with van der Waals surface area (Å²) in [6.45, 7) is 2.71. The molecular weight excluding hydrogens is 326 g/mol. The summed E-state index contributed by atoms with van der Waals surface area (Å²) in [7, 11) is 0. The number of pyridine rings is 1. The zero-order valence-corrected chi connectivity index (χ0v) is 14.9. The smallest absolute Gasteiger partial charge is 0.247 e. The average Bonchev–Trinajstić information content (AvgIpc) is 3.15. The van der Waals surface area contributed by atoms with Crippen LogP contribution in [0.25, 0.3) is 6.08 Å². The molecule has 0 spiro atoms. The van der Waals surface area contributed by atoms with E-state index in [0.717, 1.165) is 36.2 Å². The van der Waals surface area contributed by atoms with E-state index in [1.54, 1.807) is 12.3 Å². The molecule has 1 atom stereocenters. The molecule has 1 unspecified atom stereocenters. The van der Waals surface area contributed by atoms with Crippen molar-refractivity contribution in [2.75, 3.05) is 6.54 Å². The highest BCUT2D eigenvalue weighted by atomic mass is 16.2. The van der Waals surface area contributed by atoms with E-state index in [1.165, 1.54) is 6.92 Å². The first-order valence-electron chi connectivity index (χ1n) is 8.86. The van der Waals surface area contributed by atoms with Gasteiger partial charge >= 0.3 is 0 Å². The largest absolute Gasteiger partial charge is 0.352 e. The van der Waals surface area contributed by atoms with E-state index in [1.807, 2.05) is 53.4 Å². The predicted octanol–water partition coefficient (Wildman–Crippen LogP) is 3.09. The van der Waals surface area contributed by atoms with Gasteiger partial charge in [-0.15, -0.1) is 0 Å². The van der Waals surface area contributed by atoms with Crippen LogP contribution in [0.5, 0.6) is 0 Å². The minimum Gasteiger partial charge on any atom is -0.352 e. The van der Waals surface area contributed by atoms with Gasteiger partial charge in [0.25, 0.3) is 0 Å². The van der Waals surface area contributed by atoms with Gasteiger partial charge < -0.3 is 10.2 Å². The summed E-state index contributed by atoms with van der Waals surface area (Å²) in [5, 5.41) is 2.76. The highest BCUT2D eigenvalue weighted by molar-refractivity contribution is 5.92. The predicted molar refractivity (Wildman–Crippen MR) is 101 cm³/mol. The molecule has 2 amide bonds. The number of aromatic nitrogens is 1. The standard InChI is InChI=1S/C21H23N3O2/c1-16(25)22-14-18-9-11-19(23-15-18)20-8-5-13-24(20)21(26)12-10-17-6-3-2-4-7-17/h2-4,6-7,9-12,15,20H,5,8,13-14H2,1H3,(H,22,25)/b12-10+. The van der Waals surface area contributed by atoms with Gasteiger partial charge in [0.1, 0.15) is 0 Å². The zero-order chi connectivity index (χ0) is 18.4. The molecule has 2 heterocycles. The molecule has 1 aromatic carbocycles. The first kappa shape index (κ1) is 17.9. The van der Waals surface area contributed by atoms with Crippen LogP contribution in [0.3, 0.4) is 0 Å². The number of likely N-dealkylation sites (tertiary alicyclic amines) is 1. The van der Waals surface area contributed by atoms with Gasteiger partial charge in [0.05, 0.1) is 11.7 Å². The molecule has 1 aliphatic rings. The summed E-state index contributed by atoms with van der Waals surface area (Å²) in [4.78, 5) is 30.0. The van der Waals surface area contributed by atoms with Gasteiger partial charge in [-0.1, -0.05) is 36.4 Å². The summed E-state index contributed by atoms with van der Waals surface area (Å²) in [6, 6.07) is 13.7. The maximum atomic E-state index is 12.6. The van der Waals surface area contributed by atoms with Crippen LogP contribution in [0.15, 0.2) is 54.7 Å². The Kier molecular flexibility index (Phi) is 5.79. The highest BCUT2D eigenvalue weighted by Gasteiger charge is 2.29. The van der Waals surface area contributed by atoms with Crippen LogP contribution >= 0.6 is 0 Å². The molecular formula is C21H23N3O2. The van der Waals surface area contributed by atoms with Crippen LogP contribution in [0.2, 0.25) is 0 Å². The molecule has 1 aliphatic heterocycles. The van der Waals surface area contributed by atoms with Crippen LogP contribution < -0.4 is 5.32 Å². The molecule has 134 valence electrons. The van der Waals surface area contributed by atoms with Crippen molar-refractivity contribution in [3.63, 3.8) is 0 Å². The molecule has 0 radical (unpaired) electrons. The average molecular weight is 349 g/mol. The number of nitrogens with zero attached hydrogens (tertiary/aromatic N) is 2. The van der Waals surface area contributed by atoms with E-state index in [0.29, 0.717) is 6.54 Å². The number of hydrogen-bond donors (Lipinski definition) is 1. The number of carbonyl (C=O) groups is 2. The maximum Gasteiger partial charge on any atom is 0.247 e. The molecule has 0 aliphatic carbocycles. The molecule has 5 heteroatoms. The Balaban J connectivity index is 1.66. The van der Waals surface area contributed by atoms with Crippen molar-refractivity contribution in [2.24, 2.45) is 0 Å². The third-order valence-corrected chi connectivity index (χ3v) is 4.48. The number of carbonyl (C=O) groups excluding carboxylic acids is 2. The topological polar surface area (TPSA) is 62.3 Å². The molecule has 1 saturated heterocycles. The van der Waals surface area contributed by atoms with Crippen LogP contribution in [0.1, 0.15) is 42.6 Å². The molecule has 0 bridgehead atoms. The van der Waals surface area contributed by atoms with Crippen molar-refractivity contribution in [3.8, 4) is 0 Å². The van der Waals surface area contributed by atoms with Crippen molar-refractivity contribution in [1.82, 2.24) is 15.2 Å². The summed E-state index contributed by atoms with van der Waals surface area (Å²) in [5.41, 5.74) is 2.86. The van der Waals surface area contributed by atoms with Crippen LogP contribution in [0, 0.1) is 0 Å². The van der Waals surface area contributed by atoms with Gasteiger partial charge in [0.2, 0.25) is 11.8 Å². The molecule has 26 heavy (non-hydrogen) atoms. The normalized spacial score (nSPS) is 16.8. The van der Waals surface area contributed by atoms with E-state index in [2.05, 4.69) is 10.3 Å². The van der Waals surface area contributed by atoms with Gasteiger partial charge in [0, 0.05) is 32.3 Å². The van der Waals surface area contributed by atoms with Gasteiger partial charge in [0.15, 0.2) is 0 Å². The third kappa shape index (κ3) is 4.57. The van der Waals surface area contributed by atoms with E-state index in [4.69, 9.17) is 0 Å². The lowest BCUT2D eigenvalue weighted by Gasteiger charge is -2.23. The van der Waals surface area contributed by atoms with Crippen molar-refractivity contribution in [1.29, 1.82) is 0 Å². The second-order valence-corrected chi connectivity index (χ2v) is 6.43. The highest BCUT2D eigenvalue weighted by Crippen LogP contribution is 2.31.